The van der Waals surface area contributed by atoms with Gasteiger partial charge in [0, 0.05) is 5.02 Å². The summed E-state index contributed by atoms with van der Waals surface area (Å²) >= 11 is 7.27. The summed E-state index contributed by atoms with van der Waals surface area (Å²) in [6.45, 7) is 1.62. The normalized spacial score (nSPS) is 10.9. The van der Waals surface area contributed by atoms with E-state index in [0.29, 0.717) is 32.4 Å². The van der Waals surface area contributed by atoms with Gasteiger partial charge in [0.25, 0.3) is 5.56 Å². The molecule has 0 aliphatic carbocycles. The molecule has 0 bridgehead atoms. The lowest BCUT2D eigenvalue weighted by Gasteiger charge is -2.14. The van der Waals surface area contributed by atoms with Gasteiger partial charge in [-0.05, 0) is 54.3 Å². The van der Waals surface area contributed by atoms with Crippen molar-refractivity contribution < 1.29 is 9.53 Å². The van der Waals surface area contributed by atoms with Gasteiger partial charge < -0.3 is 10.1 Å². The molecule has 9 heteroatoms. The maximum Gasteiger partial charge on any atom is 0.336 e. The van der Waals surface area contributed by atoms with Crippen molar-refractivity contribution in [3.05, 3.63) is 85.3 Å². The first kappa shape index (κ1) is 20.9. The van der Waals surface area contributed by atoms with Gasteiger partial charge in [-0.3, -0.25) is 14.2 Å². The van der Waals surface area contributed by atoms with Crippen LogP contribution in [0, 0.1) is 6.92 Å². The molecule has 0 spiro atoms. The molecular formula is C22H18ClN3O4S. The Morgan fingerprint density at radius 1 is 1.16 bits per heavy atom. The molecule has 0 fully saturated rings. The second-order valence-electron chi connectivity index (χ2n) is 6.88. The first-order valence-corrected chi connectivity index (χ1v) is 10.6. The van der Waals surface area contributed by atoms with Gasteiger partial charge in [-0.15, -0.1) is 11.3 Å². The number of rotatable bonds is 5. The van der Waals surface area contributed by atoms with Crippen molar-refractivity contribution in [3.63, 3.8) is 0 Å². The van der Waals surface area contributed by atoms with Crippen LogP contribution >= 0.6 is 22.9 Å². The molecule has 0 aliphatic rings. The average Bonchev–Trinajstić information content (AvgIpc) is 3.22. The molecule has 0 saturated carbocycles. The minimum absolute atomic E-state index is 0.274. The maximum absolute atomic E-state index is 13.3. The Balaban J connectivity index is 1.79. The van der Waals surface area contributed by atoms with Crippen LogP contribution in [0.4, 0.5) is 5.69 Å². The lowest BCUT2D eigenvalue weighted by Crippen LogP contribution is -2.40. The van der Waals surface area contributed by atoms with Crippen molar-refractivity contribution in [2.45, 2.75) is 13.5 Å². The molecule has 0 unspecified atom stereocenters. The first-order chi connectivity index (χ1) is 14.9. The smallest absolute Gasteiger partial charge is 0.336 e. The first-order valence-electron chi connectivity index (χ1n) is 9.32. The van der Waals surface area contributed by atoms with E-state index in [1.165, 1.54) is 29.1 Å². The van der Waals surface area contributed by atoms with E-state index in [1.54, 1.807) is 41.8 Å². The number of nitrogens with zero attached hydrogens (tertiary/aromatic N) is 2. The summed E-state index contributed by atoms with van der Waals surface area (Å²) in [5.41, 5.74) is 1.13. The molecule has 31 heavy (non-hydrogen) atoms. The van der Waals surface area contributed by atoms with Gasteiger partial charge in [0.15, 0.2) is 0 Å². The summed E-state index contributed by atoms with van der Waals surface area (Å²) in [4.78, 5) is 39.1. The predicted molar refractivity (Wildman–Crippen MR) is 123 cm³/mol. The third kappa shape index (κ3) is 3.99. The highest BCUT2D eigenvalue weighted by Gasteiger charge is 2.18. The summed E-state index contributed by atoms with van der Waals surface area (Å²) in [7, 11) is 1.51. The fraction of sp³-hybridized carbons (Fsp3) is 0.136. The van der Waals surface area contributed by atoms with Gasteiger partial charge in [-0.25, -0.2) is 9.36 Å². The number of aryl methyl sites for hydroxylation is 1. The molecule has 4 aromatic rings. The monoisotopic (exact) mass is 455 g/mol. The number of carbonyl (C=O) groups is 1. The van der Waals surface area contributed by atoms with Gasteiger partial charge in [0.2, 0.25) is 5.91 Å². The van der Waals surface area contributed by atoms with Gasteiger partial charge in [-0.2, -0.15) is 0 Å². The van der Waals surface area contributed by atoms with E-state index in [4.69, 9.17) is 16.3 Å². The fourth-order valence-corrected chi connectivity index (χ4v) is 4.34. The van der Waals surface area contributed by atoms with Gasteiger partial charge in [0.1, 0.15) is 17.0 Å². The summed E-state index contributed by atoms with van der Waals surface area (Å²) in [5, 5.41) is 4.90. The van der Waals surface area contributed by atoms with Crippen LogP contribution in [-0.2, 0) is 11.3 Å². The Bertz CT molecular complexity index is 1420. The number of methoxy groups -OCH3 is 1. The zero-order chi connectivity index (χ0) is 22.1. The van der Waals surface area contributed by atoms with Gasteiger partial charge in [-0.1, -0.05) is 23.7 Å². The van der Waals surface area contributed by atoms with Crippen LogP contribution in [0.2, 0.25) is 5.02 Å². The number of thiophene rings is 1. The molecule has 2 aromatic carbocycles. The molecule has 4 rings (SSSR count). The number of halogens is 1. The second kappa shape index (κ2) is 8.41. The average molecular weight is 456 g/mol. The Hall–Kier alpha value is -3.36. The summed E-state index contributed by atoms with van der Waals surface area (Å²) < 4.78 is 7.99. The number of carbonyl (C=O) groups excluding carboxylic acids is 1. The van der Waals surface area contributed by atoms with Crippen molar-refractivity contribution in [1.29, 1.82) is 0 Å². The second-order valence-corrected chi connectivity index (χ2v) is 8.23. The number of fused-ring (bicyclic) bond motifs is 1. The van der Waals surface area contributed by atoms with E-state index in [1.807, 2.05) is 13.0 Å². The molecule has 7 nitrogen and oxygen atoms in total. The maximum atomic E-state index is 13.3. The number of ether oxygens (including phenoxy) is 1. The van der Waals surface area contributed by atoms with E-state index < -0.39 is 17.2 Å². The number of amides is 1. The highest BCUT2D eigenvalue weighted by atomic mass is 35.5. The quantitative estimate of drug-likeness (QED) is 0.496. The van der Waals surface area contributed by atoms with Crippen molar-refractivity contribution in [3.8, 4) is 11.4 Å². The number of benzene rings is 2. The molecule has 0 atom stereocenters. The van der Waals surface area contributed by atoms with Crippen LogP contribution in [0.25, 0.3) is 15.9 Å². The van der Waals surface area contributed by atoms with E-state index in [0.717, 1.165) is 10.1 Å². The van der Waals surface area contributed by atoms with Crippen LogP contribution in [0.15, 0.2) is 63.5 Å². The number of anilines is 1. The molecule has 0 saturated heterocycles. The molecule has 0 aliphatic heterocycles. The van der Waals surface area contributed by atoms with Crippen molar-refractivity contribution >= 4 is 44.7 Å². The summed E-state index contributed by atoms with van der Waals surface area (Å²) in [6.07, 6.45) is 0. The third-order valence-corrected chi connectivity index (χ3v) is 5.88. The van der Waals surface area contributed by atoms with Crippen LogP contribution in [0.1, 0.15) is 5.56 Å². The number of nitrogens with one attached hydrogen (secondary N) is 1. The van der Waals surface area contributed by atoms with E-state index in [9.17, 15) is 14.4 Å². The van der Waals surface area contributed by atoms with Crippen LogP contribution in [0.5, 0.6) is 5.75 Å². The fourth-order valence-electron chi connectivity index (χ4n) is 3.34. The largest absolute Gasteiger partial charge is 0.495 e. The minimum Gasteiger partial charge on any atom is -0.495 e. The van der Waals surface area contributed by atoms with E-state index in [-0.39, 0.29) is 6.54 Å². The number of aromatic nitrogens is 2. The molecule has 1 amide bonds. The minimum atomic E-state index is -0.621. The van der Waals surface area contributed by atoms with Gasteiger partial charge >= 0.3 is 5.69 Å². The molecular weight excluding hydrogens is 438 g/mol. The zero-order valence-electron chi connectivity index (χ0n) is 16.7. The molecule has 2 heterocycles. The van der Waals surface area contributed by atoms with Gasteiger partial charge in [0.05, 0.1) is 24.0 Å². The standard InChI is InChI=1S/C22H18ClN3O4S/c1-13-6-7-18(30-2)16(10-13)24-19(27)12-25-17-8-9-31-20(17)21(28)26(22(25)29)15-5-3-4-14(23)11-15/h3-11H,12H2,1-2H3,(H,24,27). The SMILES string of the molecule is COc1ccc(C)cc1NC(=O)Cn1c(=O)n(-c2cccc(Cl)c2)c(=O)c2sccc21. The third-order valence-electron chi connectivity index (χ3n) is 4.75. The number of hydrogen-bond donors (Lipinski definition) is 1. The Labute approximate surface area is 186 Å². The zero-order valence-corrected chi connectivity index (χ0v) is 18.3. The van der Waals surface area contributed by atoms with Crippen molar-refractivity contribution in [2.75, 3.05) is 12.4 Å². The Kier molecular flexibility index (Phi) is 5.67. The lowest BCUT2D eigenvalue weighted by atomic mass is 10.2. The lowest BCUT2D eigenvalue weighted by molar-refractivity contribution is -0.116. The Morgan fingerprint density at radius 3 is 2.71 bits per heavy atom. The number of hydrogen-bond acceptors (Lipinski definition) is 5. The molecule has 1 N–H and O–H groups in total. The van der Waals surface area contributed by atoms with Crippen molar-refractivity contribution in [1.82, 2.24) is 9.13 Å². The summed E-state index contributed by atoms with van der Waals surface area (Å²) in [5.74, 6) is 0.0886. The van der Waals surface area contributed by atoms with E-state index >= 15 is 0 Å². The van der Waals surface area contributed by atoms with Crippen molar-refractivity contribution in [2.24, 2.45) is 0 Å². The molecule has 0 radical (unpaired) electrons. The van der Waals surface area contributed by atoms with Crippen LogP contribution < -0.4 is 21.3 Å². The highest BCUT2D eigenvalue weighted by Crippen LogP contribution is 2.25. The van der Waals surface area contributed by atoms with Crippen LogP contribution in [0.3, 0.4) is 0 Å². The Morgan fingerprint density at radius 2 is 1.97 bits per heavy atom. The van der Waals surface area contributed by atoms with Crippen LogP contribution in [-0.4, -0.2) is 22.2 Å². The highest BCUT2D eigenvalue weighted by molar-refractivity contribution is 7.17. The van der Waals surface area contributed by atoms with E-state index in [2.05, 4.69) is 5.32 Å². The topological polar surface area (TPSA) is 82.3 Å². The summed E-state index contributed by atoms with van der Waals surface area (Å²) in [6, 6.07) is 13.5. The predicted octanol–water partition coefficient (Wildman–Crippen LogP) is 3.82. The molecule has 2 aromatic heterocycles. The molecule has 158 valence electrons.